The van der Waals surface area contributed by atoms with Crippen LogP contribution < -0.4 is 0 Å². The Labute approximate surface area is 165 Å². The molecule has 1 N–H and O–H groups in total. The van der Waals surface area contributed by atoms with Crippen LogP contribution in [0.25, 0.3) is 17.0 Å². The third kappa shape index (κ3) is 3.89. The molecule has 0 unspecified atom stereocenters. The predicted octanol–water partition coefficient (Wildman–Crippen LogP) is 3.16. The van der Waals surface area contributed by atoms with Crippen LogP contribution in [0.5, 0.6) is 0 Å². The van der Waals surface area contributed by atoms with Crippen LogP contribution in [0.15, 0.2) is 42.7 Å². The number of carbonyl (C=O) groups excluding carboxylic acids is 2. The van der Waals surface area contributed by atoms with Gasteiger partial charge in [-0.25, -0.2) is 0 Å². The average molecular weight is 401 g/mol. The smallest absolute Gasteiger partial charge is 0.312 e. The maximum absolute atomic E-state index is 12.5. The number of aromatic amines is 1. The topological polar surface area (TPSA) is 69.3 Å². The number of thiophene rings is 1. The molecule has 3 aromatic rings. The first-order valence-electron chi connectivity index (χ1n) is 8.52. The van der Waals surface area contributed by atoms with E-state index in [0.717, 1.165) is 25.8 Å². The number of rotatable bonds is 5. The second kappa shape index (κ2) is 7.54. The summed E-state index contributed by atoms with van der Waals surface area (Å²) in [4.78, 5) is 36.4. The highest BCUT2D eigenvalue weighted by Crippen LogP contribution is 2.22. The van der Waals surface area contributed by atoms with Gasteiger partial charge in [-0.1, -0.05) is 17.7 Å². The number of hydrogen-bond donors (Lipinski definition) is 1. The van der Waals surface area contributed by atoms with Crippen molar-refractivity contribution in [3.8, 4) is 0 Å². The number of H-pyrrole nitrogens is 1. The van der Waals surface area contributed by atoms with E-state index in [1.165, 1.54) is 11.3 Å². The number of piperazine rings is 1. The molecule has 0 aliphatic carbocycles. The van der Waals surface area contributed by atoms with Crippen molar-refractivity contribution in [2.24, 2.45) is 0 Å². The molecule has 1 saturated heterocycles. The Morgan fingerprint density at radius 3 is 2.78 bits per heavy atom. The van der Waals surface area contributed by atoms with Gasteiger partial charge in [-0.3, -0.25) is 14.6 Å². The number of fused-ring (bicyclic) bond motifs is 1. The van der Waals surface area contributed by atoms with Crippen LogP contribution in [0.1, 0.15) is 10.6 Å². The minimum atomic E-state index is -0.467. The lowest BCUT2D eigenvalue weighted by Crippen LogP contribution is -2.53. The Bertz CT molecular complexity index is 993. The zero-order valence-corrected chi connectivity index (χ0v) is 16.0. The summed E-state index contributed by atoms with van der Waals surface area (Å²) in [5.41, 5.74) is 1.81. The zero-order valence-electron chi connectivity index (χ0n) is 14.4. The molecule has 0 aromatic carbocycles. The Hall–Kier alpha value is -2.64. The molecule has 0 spiro atoms. The van der Waals surface area contributed by atoms with Gasteiger partial charge in [0, 0.05) is 41.8 Å². The van der Waals surface area contributed by atoms with Crippen molar-refractivity contribution in [3.63, 3.8) is 0 Å². The number of nitrogens with zero attached hydrogens (tertiary/aromatic N) is 3. The molecule has 2 amide bonds. The van der Waals surface area contributed by atoms with Gasteiger partial charge in [0.1, 0.15) is 0 Å². The summed E-state index contributed by atoms with van der Waals surface area (Å²) in [6.45, 7) is 1.82. The van der Waals surface area contributed by atoms with E-state index in [0.29, 0.717) is 26.2 Å². The molecule has 0 radical (unpaired) electrons. The molecule has 8 heteroatoms. The molecule has 0 bridgehead atoms. The van der Waals surface area contributed by atoms with E-state index in [-0.39, 0.29) is 0 Å². The summed E-state index contributed by atoms with van der Waals surface area (Å²) in [5, 5.41) is 1.04. The van der Waals surface area contributed by atoms with Crippen molar-refractivity contribution >= 4 is 51.7 Å². The molecule has 27 heavy (non-hydrogen) atoms. The molecule has 0 saturated carbocycles. The van der Waals surface area contributed by atoms with E-state index < -0.39 is 11.8 Å². The van der Waals surface area contributed by atoms with E-state index in [9.17, 15) is 9.59 Å². The Morgan fingerprint density at radius 1 is 1.19 bits per heavy atom. The van der Waals surface area contributed by atoms with Gasteiger partial charge in [0.05, 0.1) is 22.6 Å². The van der Waals surface area contributed by atoms with Crippen LogP contribution in [0.4, 0.5) is 0 Å². The van der Waals surface area contributed by atoms with Gasteiger partial charge in [0.25, 0.3) is 0 Å². The molecular formula is C19H17ClN4O2S. The third-order valence-corrected chi connectivity index (χ3v) is 5.64. The van der Waals surface area contributed by atoms with Gasteiger partial charge >= 0.3 is 11.8 Å². The maximum Gasteiger partial charge on any atom is 0.312 e. The molecule has 0 atom stereocenters. The summed E-state index contributed by atoms with van der Waals surface area (Å²) in [6.07, 6.45) is 7.27. The summed E-state index contributed by atoms with van der Waals surface area (Å²) >= 11 is 7.37. The fourth-order valence-electron chi connectivity index (χ4n) is 3.08. The van der Waals surface area contributed by atoms with E-state index in [1.807, 2.05) is 36.4 Å². The van der Waals surface area contributed by atoms with Gasteiger partial charge in [-0.2, -0.15) is 0 Å². The van der Waals surface area contributed by atoms with Gasteiger partial charge in [0.2, 0.25) is 0 Å². The fraction of sp³-hybridized carbons (Fsp3) is 0.211. The van der Waals surface area contributed by atoms with Crippen molar-refractivity contribution in [1.29, 1.82) is 0 Å². The summed E-state index contributed by atoms with van der Waals surface area (Å²) in [6, 6.07) is 7.65. The summed E-state index contributed by atoms with van der Waals surface area (Å²) in [5.74, 6) is -0.932. The number of amides is 2. The number of halogens is 1. The van der Waals surface area contributed by atoms with E-state index in [4.69, 9.17) is 11.6 Å². The lowest BCUT2D eigenvalue weighted by molar-refractivity contribution is -0.156. The molecule has 4 rings (SSSR count). The summed E-state index contributed by atoms with van der Waals surface area (Å²) in [7, 11) is 0. The largest absolute Gasteiger partial charge is 0.356 e. The highest BCUT2D eigenvalue weighted by atomic mass is 35.5. The third-order valence-electron chi connectivity index (χ3n) is 4.44. The molecule has 3 aromatic heterocycles. The highest BCUT2D eigenvalue weighted by Gasteiger charge is 2.31. The van der Waals surface area contributed by atoms with Crippen molar-refractivity contribution in [2.75, 3.05) is 19.6 Å². The van der Waals surface area contributed by atoms with Crippen LogP contribution in [0.3, 0.4) is 0 Å². The second-order valence-electron chi connectivity index (χ2n) is 6.28. The van der Waals surface area contributed by atoms with E-state index >= 15 is 0 Å². The minimum absolute atomic E-state index is 0.386. The normalized spacial score (nSPS) is 15.4. The number of aromatic nitrogens is 2. The fourth-order valence-corrected chi connectivity index (χ4v) is 4.07. The van der Waals surface area contributed by atoms with Crippen molar-refractivity contribution in [3.05, 3.63) is 57.6 Å². The highest BCUT2D eigenvalue weighted by molar-refractivity contribution is 7.16. The Kier molecular flexibility index (Phi) is 4.96. The molecule has 1 aliphatic rings. The molecule has 138 valence electrons. The first-order chi connectivity index (χ1) is 13.1. The van der Waals surface area contributed by atoms with Crippen LogP contribution in [0, 0.1) is 0 Å². The number of pyridine rings is 1. The first-order valence-corrected chi connectivity index (χ1v) is 9.71. The van der Waals surface area contributed by atoms with Gasteiger partial charge < -0.3 is 14.8 Å². The Morgan fingerprint density at radius 2 is 2.00 bits per heavy atom. The van der Waals surface area contributed by atoms with Crippen LogP contribution >= 0.6 is 22.9 Å². The first kappa shape index (κ1) is 17.8. The molecule has 4 heterocycles. The zero-order chi connectivity index (χ0) is 18.8. The second-order valence-corrected chi connectivity index (χ2v) is 8.03. The number of carbonyl (C=O) groups is 2. The van der Waals surface area contributed by atoms with Gasteiger partial charge in [0.15, 0.2) is 0 Å². The van der Waals surface area contributed by atoms with E-state index in [1.54, 1.807) is 22.2 Å². The monoisotopic (exact) mass is 400 g/mol. The van der Waals surface area contributed by atoms with E-state index in [2.05, 4.69) is 9.97 Å². The quantitative estimate of drug-likeness (QED) is 0.669. The molecule has 6 nitrogen and oxygen atoms in total. The molecule has 1 aliphatic heterocycles. The van der Waals surface area contributed by atoms with Crippen LogP contribution in [-0.2, 0) is 16.1 Å². The van der Waals surface area contributed by atoms with Crippen LogP contribution in [0.2, 0.25) is 4.34 Å². The lowest BCUT2D eigenvalue weighted by Gasteiger charge is -2.33. The van der Waals surface area contributed by atoms with Crippen molar-refractivity contribution < 1.29 is 9.59 Å². The number of hydrogen-bond acceptors (Lipinski definition) is 4. The standard InChI is InChI=1S/C19H17ClN4O2S/c20-17-4-3-15(27-17)2-1-7-23-8-9-24(19(26)18(23)25)12-14-10-13-5-6-21-11-16(13)22-14/h1-6,10-11,22H,7-9,12H2/b2-1+. The SMILES string of the molecule is O=C1C(=O)N(Cc2cc3ccncc3[nH]2)CCN1C/C=C/c1ccc(Cl)s1. The van der Waals surface area contributed by atoms with Gasteiger partial charge in [-0.15, -0.1) is 11.3 Å². The Balaban J connectivity index is 1.37. The molecular weight excluding hydrogens is 384 g/mol. The predicted molar refractivity (Wildman–Crippen MR) is 106 cm³/mol. The minimum Gasteiger partial charge on any atom is -0.356 e. The average Bonchev–Trinajstić information content (AvgIpc) is 3.26. The van der Waals surface area contributed by atoms with Gasteiger partial charge in [-0.05, 0) is 30.3 Å². The van der Waals surface area contributed by atoms with Crippen LogP contribution in [-0.4, -0.2) is 51.2 Å². The maximum atomic E-state index is 12.5. The van der Waals surface area contributed by atoms with Crippen molar-refractivity contribution in [1.82, 2.24) is 19.8 Å². The lowest BCUT2D eigenvalue weighted by atomic mass is 10.2. The number of nitrogens with one attached hydrogen (secondary N) is 1. The van der Waals surface area contributed by atoms with Crippen molar-refractivity contribution in [2.45, 2.75) is 6.54 Å². The molecule has 1 fully saturated rings. The summed E-state index contributed by atoms with van der Waals surface area (Å²) < 4.78 is 0.724.